The van der Waals surface area contributed by atoms with Gasteiger partial charge in [-0.3, -0.25) is 0 Å². The summed E-state index contributed by atoms with van der Waals surface area (Å²) >= 11 is -0.144. The van der Waals surface area contributed by atoms with Gasteiger partial charge in [0.05, 0.1) is 5.56 Å². The molecule has 0 aliphatic heterocycles. The van der Waals surface area contributed by atoms with Crippen molar-refractivity contribution in [2.75, 3.05) is 17.6 Å². The zero-order valence-corrected chi connectivity index (χ0v) is 9.33. The molecule has 0 aromatic heterocycles. The molecule has 17 heavy (non-hydrogen) atoms. The Morgan fingerprint density at radius 1 is 1.35 bits per heavy atom. The fourth-order valence-electron chi connectivity index (χ4n) is 1.08. The molecule has 0 saturated carbocycles. The third-order valence-corrected chi connectivity index (χ3v) is 2.52. The lowest BCUT2D eigenvalue weighted by Gasteiger charge is -2.08. The summed E-state index contributed by atoms with van der Waals surface area (Å²) in [6.45, 7) is 0.0650. The fourth-order valence-corrected chi connectivity index (χ4v) is 1.51. The molecule has 0 aliphatic carbocycles. The number of nitrogens with zero attached hydrogens (tertiary/aromatic N) is 1. The summed E-state index contributed by atoms with van der Waals surface area (Å²) in [6, 6.07) is 5.45. The summed E-state index contributed by atoms with van der Waals surface area (Å²) < 4.78 is 48.5. The summed E-state index contributed by atoms with van der Waals surface area (Å²) in [4.78, 5) is 0. The molecule has 0 spiro atoms. The highest BCUT2D eigenvalue weighted by Crippen LogP contribution is 2.29. The number of hydrogen-bond acceptors (Lipinski definition) is 3. The first kappa shape index (κ1) is 13.6. The first-order valence-corrected chi connectivity index (χ1v) is 5.55. The van der Waals surface area contributed by atoms with Gasteiger partial charge in [-0.1, -0.05) is 0 Å². The zero-order valence-electron chi connectivity index (χ0n) is 8.51. The van der Waals surface area contributed by atoms with Gasteiger partial charge in [0.15, 0.2) is 0 Å². The molecule has 1 rings (SSSR count). The SMILES string of the molecule is N#Cc1ccc(NCCSC(F)(F)F)cc1F. The Morgan fingerprint density at radius 2 is 2.06 bits per heavy atom. The van der Waals surface area contributed by atoms with Crippen molar-refractivity contribution in [3.63, 3.8) is 0 Å². The molecular formula is C10H8F4N2S. The minimum Gasteiger partial charge on any atom is -0.384 e. The van der Waals surface area contributed by atoms with Crippen molar-refractivity contribution in [3.05, 3.63) is 29.6 Å². The van der Waals surface area contributed by atoms with Gasteiger partial charge in [0.2, 0.25) is 0 Å². The van der Waals surface area contributed by atoms with Crippen LogP contribution in [0.5, 0.6) is 0 Å². The normalized spacial score (nSPS) is 11.0. The second-order valence-electron chi connectivity index (χ2n) is 3.03. The smallest absolute Gasteiger partial charge is 0.384 e. The standard InChI is InChI=1S/C10H8F4N2S/c11-9-5-8(2-1-7(9)6-15)16-3-4-17-10(12,13)14/h1-2,5,16H,3-4H2. The maximum atomic E-state index is 13.1. The molecule has 0 atom stereocenters. The van der Waals surface area contributed by atoms with E-state index in [1.165, 1.54) is 12.1 Å². The third-order valence-electron chi connectivity index (χ3n) is 1.79. The van der Waals surface area contributed by atoms with Crippen molar-refractivity contribution in [1.29, 1.82) is 5.26 Å². The molecule has 0 radical (unpaired) electrons. The summed E-state index contributed by atoms with van der Waals surface area (Å²) in [5.74, 6) is -0.855. The topological polar surface area (TPSA) is 35.8 Å². The van der Waals surface area contributed by atoms with Gasteiger partial charge < -0.3 is 5.32 Å². The lowest BCUT2D eigenvalue weighted by atomic mass is 10.2. The van der Waals surface area contributed by atoms with E-state index in [4.69, 9.17) is 5.26 Å². The number of nitrogens with one attached hydrogen (secondary N) is 1. The van der Waals surface area contributed by atoms with E-state index in [0.29, 0.717) is 5.69 Å². The lowest BCUT2D eigenvalue weighted by Crippen LogP contribution is -2.09. The van der Waals surface area contributed by atoms with Gasteiger partial charge in [0.25, 0.3) is 0 Å². The van der Waals surface area contributed by atoms with E-state index in [-0.39, 0.29) is 29.6 Å². The summed E-state index contributed by atoms with van der Waals surface area (Å²) in [7, 11) is 0. The monoisotopic (exact) mass is 264 g/mol. The van der Waals surface area contributed by atoms with Gasteiger partial charge in [0, 0.05) is 18.0 Å². The Kier molecular flexibility index (Phi) is 4.63. The molecule has 0 aliphatic rings. The van der Waals surface area contributed by atoms with Crippen LogP contribution >= 0.6 is 11.8 Å². The molecule has 1 aromatic carbocycles. The van der Waals surface area contributed by atoms with Crippen LogP contribution in [0.3, 0.4) is 0 Å². The Balaban J connectivity index is 2.43. The minimum atomic E-state index is -4.25. The molecule has 0 fully saturated rings. The molecule has 0 amide bonds. The molecule has 7 heteroatoms. The molecule has 0 bridgehead atoms. The number of thioether (sulfide) groups is 1. The lowest BCUT2D eigenvalue weighted by molar-refractivity contribution is -0.0327. The number of benzene rings is 1. The van der Waals surface area contributed by atoms with Gasteiger partial charge in [-0.25, -0.2) is 4.39 Å². The van der Waals surface area contributed by atoms with E-state index in [0.717, 1.165) is 6.07 Å². The van der Waals surface area contributed by atoms with Crippen molar-refractivity contribution < 1.29 is 17.6 Å². The predicted molar refractivity (Wildman–Crippen MR) is 58.1 cm³/mol. The summed E-state index contributed by atoms with van der Waals surface area (Å²) in [6.07, 6.45) is 0. The first-order chi connectivity index (χ1) is 7.92. The average molecular weight is 264 g/mol. The van der Waals surface area contributed by atoms with Crippen molar-refractivity contribution in [3.8, 4) is 6.07 Å². The Labute approximate surface area is 99.6 Å². The van der Waals surface area contributed by atoms with Crippen LogP contribution in [-0.4, -0.2) is 17.8 Å². The number of alkyl halides is 3. The van der Waals surface area contributed by atoms with Crippen LogP contribution in [0.1, 0.15) is 5.56 Å². The zero-order chi connectivity index (χ0) is 12.9. The van der Waals surface area contributed by atoms with Gasteiger partial charge >= 0.3 is 5.51 Å². The van der Waals surface area contributed by atoms with E-state index in [2.05, 4.69) is 5.32 Å². The Bertz CT molecular complexity index is 425. The number of nitriles is 1. The largest absolute Gasteiger partial charge is 0.441 e. The summed E-state index contributed by atoms with van der Waals surface area (Å²) in [5.41, 5.74) is -4.00. The van der Waals surface area contributed by atoms with Crippen LogP contribution < -0.4 is 5.32 Å². The molecule has 0 saturated heterocycles. The molecule has 2 nitrogen and oxygen atoms in total. The van der Waals surface area contributed by atoms with Crippen LogP contribution in [0.15, 0.2) is 18.2 Å². The highest BCUT2D eigenvalue weighted by molar-refractivity contribution is 8.00. The maximum absolute atomic E-state index is 13.1. The van der Waals surface area contributed by atoms with Crippen molar-refractivity contribution in [2.24, 2.45) is 0 Å². The Hall–Kier alpha value is -1.42. The highest BCUT2D eigenvalue weighted by Gasteiger charge is 2.27. The molecule has 1 aromatic rings. The van der Waals surface area contributed by atoms with Crippen molar-refractivity contribution in [2.45, 2.75) is 5.51 Å². The Morgan fingerprint density at radius 3 is 2.59 bits per heavy atom. The molecule has 1 N–H and O–H groups in total. The number of halogens is 4. The second kappa shape index (κ2) is 5.77. The van der Waals surface area contributed by atoms with Crippen LogP contribution in [0.4, 0.5) is 23.2 Å². The minimum absolute atomic E-state index is 0.0650. The predicted octanol–water partition coefficient (Wildman–Crippen LogP) is 3.36. The van der Waals surface area contributed by atoms with E-state index >= 15 is 0 Å². The van der Waals surface area contributed by atoms with Crippen molar-refractivity contribution >= 4 is 17.4 Å². The van der Waals surface area contributed by atoms with Gasteiger partial charge in [-0.15, -0.1) is 0 Å². The van der Waals surface area contributed by atoms with E-state index < -0.39 is 11.3 Å². The van der Waals surface area contributed by atoms with Crippen LogP contribution in [0.25, 0.3) is 0 Å². The average Bonchev–Trinajstić information content (AvgIpc) is 2.23. The second-order valence-corrected chi connectivity index (χ2v) is 4.19. The van der Waals surface area contributed by atoms with Gasteiger partial charge in [-0.05, 0) is 30.0 Å². The molecular weight excluding hydrogens is 256 g/mol. The fraction of sp³-hybridized carbons (Fsp3) is 0.300. The van der Waals surface area contributed by atoms with Crippen LogP contribution in [-0.2, 0) is 0 Å². The third kappa shape index (κ3) is 4.95. The molecule has 92 valence electrons. The van der Waals surface area contributed by atoms with Crippen LogP contribution in [0, 0.1) is 17.1 Å². The number of anilines is 1. The van der Waals surface area contributed by atoms with E-state index in [1.807, 2.05) is 0 Å². The quantitative estimate of drug-likeness (QED) is 0.669. The summed E-state index contributed by atoms with van der Waals surface area (Å²) in [5, 5.41) is 11.1. The van der Waals surface area contributed by atoms with Gasteiger partial charge in [-0.2, -0.15) is 18.4 Å². The number of hydrogen-bond donors (Lipinski definition) is 1. The first-order valence-electron chi connectivity index (χ1n) is 4.56. The van der Waals surface area contributed by atoms with E-state index in [9.17, 15) is 17.6 Å². The van der Waals surface area contributed by atoms with Crippen LogP contribution in [0.2, 0.25) is 0 Å². The van der Waals surface area contributed by atoms with Crippen molar-refractivity contribution in [1.82, 2.24) is 0 Å². The van der Waals surface area contributed by atoms with Gasteiger partial charge in [0.1, 0.15) is 11.9 Å². The highest BCUT2D eigenvalue weighted by atomic mass is 32.2. The maximum Gasteiger partial charge on any atom is 0.441 e. The van der Waals surface area contributed by atoms with E-state index in [1.54, 1.807) is 6.07 Å². The molecule has 0 unspecified atom stereocenters. The number of rotatable bonds is 4. The molecule has 0 heterocycles.